The predicted octanol–water partition coefficient (Wildman–Crippen LogP) is 16.4. The van der Waals surface area contributed by atoms with Crippen molar-refractivity contribution in [2.75, 3.05) is 6.61 Å². The van der Waals surface area contributed by atoms with E-state index in [-0.39, 0.29) is 12.5 Å². The van der Waals surface area contributed by atoms with Gasteiger partial charge in [-0.15, -0.1) is 0 Å². The summed E-state index contributed by atoms with van der Waals surface area (Å²) < 4.78 is 0. The number of hydrogen-bond donors (Lipinski definition) is 3. The molecule has 0 aromatic heterocycles. The van der Waals surface area contributed by atoms with E-state index in [0.29, 0.717) is 6.42 Å². The van der Waals surface area contributed by atoms with E-state index in [0.717, 1.165) is 77.0 Å². The molecule has 60 heavy (non-hydrogen) atoms. The van der Waals surface area contributed by atoms with Gasteiger partial charge in [-0.3, -0.25) is 4.79 Å². The van der Waals surface area contributed by atoms with E-state index < -0.39 is 12.1 Å². The molecule has 1 amide bonds. The molecule has 3 N–H and O–H groups in total. The number of hydrogen-bond acceptors (Lipinski definition) is 3. The van der Waals surface area contributed by atoms with Crippen LogP contribution in [0.2, 0.25) is 0 Å². The molecule has 0 aliphatic heterocycles. The summed E-state index contributed by atoms with van der Waals surface area (Å²) >= 11 is 0. The number of carbonyl (C=O) groups is 1. The fourth-order valence-electron chi connectivity index (χ4n) is 6.94. The van der Waals surface area contributed by atoms with Crippen molar-refractivity contribution in [2.45, 2.75) is 231 Å². The molecule has 0 bridgehead atoms. The van der Waals surface area contributed by atoms with Crippen LogP contribution in [0.15, 0.2) is 109 Å². The van der Waals surface area contributed by atoms with Crippen LogP contribution in [0.1, 0.15) is 219 Å². The van der Waals surface area contributed by atoms with Gasteiger partial charge in [-0.05, 0) is 89.9 Å². The Labute approximate surface area is 372 Å². The number of unbranched alkanes of at least 4 members (excludes halogenated alkanes) is 21. The lowest BCUT2D eigenvalue weighted by Gasteiger charge is -2.19. The van der Waals surface area contributed by atoms with Crippen molar-refractivity contribution in [3.8, 4) is 0 Å². The van der Waals surface area contributed by atoms with E-state index in [1.54, 1.807) is 6.08 Å². The van der Waals surface area contributed by atoms with Gasteiger partial charge in [0, 0.05) is 6.42 Å². The Morgan fingerprint density at radius 2 is 0.750 bits per heavy atom. The van der Waals surface area contributed by atoms with Gasteiger partial charge in [-0.2, -0.15) is 0 Å². The Morgan fingerprint density at radius 3 is 1.17 bits per heavy atom. The highest BCUT2D eigenvalue weighted by atomic mass is 16.3. The van der Waals surface area contributed by atoms with Crippen LogP contribution in [0.5, 0.6) is 0 Å². The van der Waals surface area contributed by atoms with E-state index in [1.165, 1.54) is 122 Å². The summed E-state index contributed by atoms with van der Waals surface area (Å²) in [7, 11) is 0. The topological polar surface area (TPSA) is 69.6 Å². The SMILES string of the molecule is CC/C=C\C/C=C\C/C=C\C/C=C\C/C=C\C/C=C\C/C=C\CCCCCCCCCCCCCCCCCCCC(=O)NC(CO)C(O)/C=C/CC/C=C/CCCCC. The Kier molecular flexibility index (Phi) is 47.9. The Morgan fingerprint density at radius 1 is 0.417 bits per heavy atom. The van der Waals surface area contributed by atoms with Crippen molar-refractivity contribution >= 4 is 5.91 Å². The number of rotatable bonds is 44. The quantitative estimate of drug-likeness (QED) is 0.0423. The first-order chi connectivity index (χ1) is 29.7. The fourth-order valence-corrected chi connectivity index (χ4v) is 6.94. The third-order valence-corrected chi connectivity index (χ3v) is 10.7. The van der Waals surface area contributed by atoms with Crippen LogP contribution in [-0.4, -0.2) is 34.9 Å². The summed E-state index contributed by atoms with van der Waals surface area (Å²) in [6.45, 7) is 4.12. The second kappa shape index (κ2) is 50.4. The standard InChI is InChI=1S/C56H95NO3/c1-3-5-7-9-11-13-14-15-16-17-18-19-20-21-22-23-24-25-26-27-28-29-30-31-32-33-34-35-36-37-38-39-40-41-42-44-46-48-50-52-56(60)57-54(53-58)55(59)51-49-47-45-43-12-10-8-6-4-2/h5,7,11-13,15-16,18-19,21-22,24-25,27-28,43,49,51,54-55,58-59H,3-4,6,8-10,14,17,20,23,26,29-42,44-48,50,52-53H2,1-2H3,(H,57,60)/b7-5-,13-11-,16-15-,19-18-,22-21-,25-24-,28-27-,43-12+,51-49+. The van der Waals surface area contributed by atoms with E-state index in [4.69, 9.17) is 0 Å². The van der Waals surface area contributed by atoms with Gasteiger partial charge in [0.1, 0.15) is 0 Å². The maximum Gasteiger partial charge on any atom is 0.220 e. The molecule has 0 saturated heterocycles. The molecule has 0 rings (SSSR count). The molecule has 0 aliphatic rings. The van der Waals surface area contributed by atoms with Gasteiger partial charge in [0.15, 0.2) is 0 Å². The Balaban J connectivity index is 3.49. The zero-order valence-electron chi connectivity index (χ0n) is 39.2. The maximum absolute atomic E-state index is 12.4. The molecule has 0 radical (unpaired) electrons. The minimum absolute atomic E-state index is 0.0798. The lowest BCUT2D eigenvalue weighted by atomic mass is 10.0. The summed E-state index contributed by atoms with van der Waals surface area (Å²) in [6.07, 6.45) is 76.7. The number of aliphatic hydroxyl groups is 2. The van der Waals surface area contributed by atoms with Gasteiger partial charge < -0.3 is 15.5 Å². The highest BCUT2D eigenvalue weighted by Crippen LogP contribution is 2.15. The molecule has 0 saturated carbocycles. The highest BCUT2D eigenvalue weighted by molar-refractivity contribution is 5.76. The average molecular weight is 830 g/mol. The first kappa shape index (κ1) is 57.1. The lowest BCUT2D eigenvalue weighted by molar-refractivity contribution is -0.123. The highest BCUT2D eigenvalue weighted by Gasteiger charge is 2.17. The van der Waals surface area contributed by atoms with E-state index >= 15 is 0 Å². The molecular formula is C56H95NO3. The first-order valence-corrected chi connectivity index (χ1v) is 25.1. The Hall–Kier alpha value is -2.95. The lowest BCUT2D eigenvalue weighted by Crippen LogP contribution is -2.45. The number of allylic oxidation sites excluding steroid dienone is 17. The molecule has 0 aromatic carbocycles. The molecule has 342 valence electrons. The van der Waals surface area contributed by atoms with Crippen LogP contribution >= 0.6 is 0 Å². The third kappa shape index (κ3) is 46.1. The van der Waals surface area contributed by atoms with Crippen LogP contribution in [0.25, 0.3) is 0 Å². The van der Waals surface area contributed by atoms with Crippen LogP contribution in [0.4, 0.5) is 0 Å². The molecule has 0 aromatic rings. The summed E-state index contributed by atoms with van der Waals surface area (Å²) in [4.78, 5) is 12.4. The summed E-state index contributed by atoms with van der Waals surface area (Å²) in [5.41, 5.74) is 0. The van der Waals surface area contributed by atoms with Crippen molar-refractivity contribution in [3.63, 3.8) is 0 Å². The van der Waals surface area contributed by atoms with Crippen molar-refractivity contribution in [1.82, 2.24) is 5.32 Å². The molecule has 0 aliphatic carbocycles. The van der Waals surface area contributed by atoms with Crippen LogP contribution in [0.3, 0.4) is 0 Å². The van der Waals surface area contributed by atoms with Gasteiger partial charge in [-0.1, -0.05) is 232 Å². The van der Waals surface area contributed by atoms with Crippen molar-refractivity contribution < 1.29 is 15.0 Å². The number of carbonyl (C=O) groups excluding carboxylic acids is 1. The number of aliphatic hydroxyl groups excluding tert-OH is 2. The summed E-state index contributed by atoms with van der Waals surface area (Å²) in [5, 5.41) is 22.9. The molecule has 4 nitrogen and oxygen atoms in total. The molecule has 2 atom stereocenters. The zero-order valence-corrected chi connectivity index (χ0v) is 39.2. The molecule has 0 heterocycles. The first-order valence-electron chi connectivity index (χ1n) is 25.1. The van der Waals surface area contributed by atoms with Crippen LogP contribution in [-0.2, 0) is 4.79 Å². The van der Waals surface area contributed by atoms with Crippen molar-refractivity contribution in [1.29, 1.82) is 0 Å². The van der Waals surface area contributed by atoms with Crippen molar-refractivity contribution in [3.05, 3.63) is 109 Å². The minimum atomic E-state index is -0.863. The van der Waals surface area contributed by atoms with E-state index in [2.05, 4.69) is 116 Å². The summed E-state index contributed by atoms with van der Waals surface area (Å²) in [5.74, 6) is -0.0798. The fraction of sp³-hybridized carbons (Fsp3) is 0.661. The molecular weight excluding hydrogens is 735 g/mol. The van der Waals surface area contributed by atoms with E-state index in [9.17, 15) is 15.0 Å². The second-order valence-electron chi connectivity index (χ2n) is 16.5. The largest absolute Gasteiger partial charge is 0.394 e. The zero-order chi connectivity index (χ0) is 43.5. The number of amides is 1. The molecule has 0 spiro atoms. The minimum Gasteiger partial charge on any atom is -0.394 e. The smallest absolute Gasteiger partial charge is 0.220 e. The van der Waals surface area contributed by atoms with Crippen LogP contribution < -0.4 is 5.32 Å². The number of nitrogens with one attached hydrogen (secondary N) is 1. The Bertz CT molecular complexity index is 1170. The van der Waals surface area contributed by atoms with E-state index in [1.807, 2.05) is 6.08 Å². The third-order valence-electron chi connectivity index (χ3n) is 10.7. The predicted molar refractivity (Wildman–Crippen MR) is 266 cm³/mol. The van der Waals surface area contributed by atoms with Gasteiger partial charge in [0.25, 0.3) is 0 Å². The molecule has 2 unspecified atom stereocenters. The molecule has 4 heteroatoms. The normalized spacial score (nSPS) is 13.9. The van der Waals surface area contributed by atoms with Crippen molar-refractivity contribution in [2.24, 2.45) is 0 Å². The van der Waals surface area contributed by atoms with Gasteiger partial charge in [0.2, 0.25) is 5.91 Å². The van der Waals surface area contributed by atoms with Gasteiger partial charge >= 0.3 is 0 Å². The van der Waals surface area contributed by atoms with Crippen LogP contribution in [0, 0.1) is 0 Å². The molecule has 0 fully saturated rings. The van der Waals surface area contributed by atoms with Gasteiger partial charge in [-0.25, -0.2) is 0 Å². The second-order valence-corrected chi connectivity index (χ2v) is 16.5. The maximum atomic E-state index is 12.4. The summed E-state index contributed by atoms with van der Waals surface area (Å²) in [6, 6.07) is -0.641. The monoisotopic (exact) mass is 830 g/mol. The average Bonchev–Trinajstić information content (AvgIpc) is 3.25. The van der Waals surface area contributed by atoms with Gasteiger partial charge in [0.05, 0.1) is 18.8 Å².